The second-order valence-corrected chi connectivity index (χ2v) is 10.5. The van der Waals surface area contributed by atoms with E-state index in [1.54, 1.807) is 0 Å². The van der Waals surface area contributed by atoms with Gasteiger partial charge in [0, 0.05) is 14.4 Å². The Morgan fingerprint density at radius 1 is 0.576 bits per heavy atom. The Kier molecular flexibility index (Phi) is 5.99. The highest BCUT2D eigenvalue weighted by Crippen LogP contribution is 2.53. The van der Waals surface area contributed by atoms with Gasteiger partial charge in [0.25, 0.3) is 0 Å². The van der Waals surface area contributed by atoms with Crippen molar-refractivity contribution in [3.8, 4) is 11.1 Å². The Bertz CT molecular complexity index is 1240. The molecule has 0 radical (unpaired) electrons. The molecule has 0 atom stereocenters. The summed E-state index contributed by atoms with van der Waals surface area (Å²) < 4.78 is 2.23. The summed E-state index contributed by atoms with van der Waals surface area (Å²) in [6, 6.07) is 31.1. The molecule has 0 saturated carbocycles. The molecule has 0 fully saturated rings. The van der Waals surface area contributed by atoms with Crippen molar-refractivity contribution in [2.75, 3.05) is 0 Å². The molecule has 0 unspecified atom stereocenters. The zero-order valence-electron chi connectivity index (χ0n) is 18.3. The molecule has 5 rings (SSSR count). The molecule has 0 aliphatic heterocycles. The lowest BCUT2D eigenvalue weighted by Crippen LogP contribution is -2.31. The van der Waals surface area contributed by atoms with E-state index < -0.39 is 0 Å². The van der Waals surface area contributed by atoms with Gasteiger partial charge in [-0.2, -0.15) is 0 Å². The van der Waals surface area contributed by atoms with E-state index in [4.69, 9.17) is 0 Å². The van der Waals surface area contributed by atoms with E-state index in [-0.39, 0.29) is 5.41 Å². The van der Waals surface area contributed by atoms with Crippen LogP contribution in [0.2, 0.25) is 0 Å². The van der Waals surface area contributed by atoms with Crippen LogP contribution in [-0.4, -0.2) is 0 Å². The highest BCUT2D eigenvalue weighted by atomic mass is 79.9. The summed E-state index contributed by atoms with van der Waals surface area (Å²) in [4.78, 5) is 0. The van der Waals surface area contributed by atoms with Crippen molar-refractivity contribution in [1.29, 1.82) is 0 Å². The summed E-state index contributed by atoms with van der Waals surface area (Å²) >= 11 is 7.51. The van der Waals surface area contributed by atoms with Crippen molar-refractivity contribution >= 4 is 44.0 Å². The van der Waals surface area contributed by atoms with E-state index in [2.05, 4.69) is 130 Å². The zero-order valence-corrected chi connectivity index (χ0v) is 21.5. The maximum absolute atomic E-state index is 3.91. The van der Waals surface area contributed by atoms with Gasteiger partial charge in [0.1, 0.15) is 0 Å². The van der Waals surface area contributed by atoms with E-state index in [9.17, 15) is 0 Å². The molecule has 4 aromatic carbocycles. The normalized spacial score (nSPS) is 13.3. The van der Waals surface area contributed by atoms with Crippen molar-refractivity contribution in [1.82, 2.24) is 0 Å². The van der Waals surface area contributed by atoms with Gasteiger partial charge < -0.3 is 0 Å². The number of halogens is 2. The first-order valence-electron chi connectivity index (χ1n) is 11.1. The smallest absolute Gasteiger partial charge is 0.0296 e. The first-order chi connectivity index (χ1) is 16.0. The lowest BCUT2D eigenvalue weighted by Gasteiger charge is -2.33. The van der Waals surface area contributed by atoms with Gasteiger partial charge in [-0.3, -0.25) is 0 Å². The predicted molar refractivity (Wildman–Crippen MR) is 149 cm³/mol. The topological polar surface area (TPSA) is 0 Å². The van der Waals surface area contributed by atoms with Crippen LogP contribution in [0.25, 0.3) is 23.3 Å². The average molecular weight is 556 g/mol. The lowest BCUT2D eigenvalue weighted by molar-refractivity contribution is 0.519. The van der Waals surface area contributed by atoms with Crippen LogP contribution in [0.1, 0.15) is 33.4 Å². The average Bonchev–Trinajstić information content (AvgIpc) is 3.08. The van der Waals surface area contributed by atoms with Crippen molar-refractivity contribution in [3.63, 3.8) is 0 Å². The highest BCUT2D eigenvalue weighted by Gasteiger charge is 2.43. The molecule has 0 amide bonds. The summed E-state index contributed by atoms with van der Waals surface area (Å²) in [5.74, 6) is 0. The minimum atomic E-state index is -0.177. The second kappa shape index (κ2) is 8.93. The molecule has 0 heterocycles. The quantitative estimate of drug-likeness (QED) is 0.222. The van der Waals surface area contributed by atoms with E-state index in [0.717, 1.165) is 32.9 Å². The van der Waals surface area contributed by atoms with Crippen LogP contribution in [0.3, 0.4) is 0 Å². The molecule has 0 aromatic heterocycles. The van der Waals surface area contributed by atoms with Gasteiger partial charge in [0.15, 0.2) is 0 Å². The van der Waals surface area contributed by atoms with Crippen LogP contribution in [0, 0.1) is 0 Å². The molecule has 0 nitrogen and oxygen atoms in total. The molecule has 0 saturated heterocycles. The van der Waals surface area contributed by atoms with Gasteiger partial charge in [0.2, 0.25) is 0 Å². The molecule has 1 aliphatic rings. The largest absolute Gasteiger partial charge is 0.0985 e. The van der Waals surface area contributed by atoms with Crippen LogP contribution in [0.5, 0.6) is 0 Å². The van der Waals surface area contributed by atoms with E-state index in [1.165, 1.54) is 33.4 Å². The fourth-order valence-corrected chi connectivity index (χ4v) is 5.85. The van der Waals surface area contributed by atoms with Gasteiger partial charge >= 0.3 is 0 Å². The number of hydrogen-bond acceptors (Lipinski definition) is 0. The summed E-state index contributed by atoms with van der Waals surface area (Å²) in [6.45, 7) is 7.82. The fraction of sp³-hybridized carbons (Fsp3) is 0.0968. The number of hydrogen-bond donors (Lipinski definition) is 0. The fourth-order valence-electron chi connectivity index (χ4n) is 5.12. The first-order valence-corrected chi connectivity index (χ1v) is 12.6. The minimum absolute atomic E-state index is 0.177. The maximum atomic E-state index is 3.91. The molecule has 0 N–H and O–H groups in total. The van der Waals surface area contributed by atoms with Crippen LogP contribution >= 0.6 is 31.9 Å². The van der Waals surface area contributed by atoms with Crippen LogP contribution < -0.4 is 0 Å². The standard InChI is InChI=1S/C31H24Br2/c1-3-21-5-9-23(10-6-21)19-31(20-24-11-7-22(4-2)8-12-24)29-17-25(32)13-15-27(29)28-16-14-26(33)18-30(28)31/h3-18H,1-2,19-20H2. The SMILES string of the molecule is C=Cc1ccc(CC2(Cc3ccc(C=C)cc3)c3cc(Br)ccc3-c3ccc(Br)cc32)cc1. The molecular weight excluding hydrogens is 532 g/mol. The zero-order chi connectivity index (χ0) is 23.0. The highest BCUT2D eigenvalue weighted by molar-refractivity contribution is 9.10. The summed E-state index contributed by atoms with van der Waals surface area (Å²) in [5.41, 5.74) is 10.2. The van der Waals surface area contributed by atoms with Gasteiger partial charge in [-0.05, 0) is 81.6 Å². The van der Waals surface area contributed by atoms with E-state index in [1.807, 2.05) is 12.2 Å². The third-order valence-corrected chi connectivity index (χ3v) is 7.71. The number of rotatable bonds is 6. The molecule has 1 aliphatic carbocycles. The second-order valence-electron chi connectivity index (χ2n) is 8.71. The molecular formula is C31H24Br2. The third-order valence-electron chi connectivity index (χ3n) is 6.73. The van der Waals surface area contributed by atoms with Crippen LogP contribution in [0.4, 0.5) is 0 Å². The Morgan fingerprint density at radius 2 is 0.970 bits per heavy atom. The monoisotopic (exact) mass is 554 g/mol. The van der Waals surface area contributed by atoms with Crippen molar-refractivity contribution in [2.45, 2.75) is 18.3 Å². The molecule has 33 heavy (non-hydrogen) atoms. The lowest BCUT2D eigenvalue weighted by atomic mass is 9.69. The van der Waals surface area contributed by atoms with E-state index >= 15 is 0 Å². The molecule has 4 aromatic rings. The van der Waals surface area contributed by atoms with Gasteiger partial charge in [-0.25, -0.2) is 0 Å². The van der Waals surface area contributed by atoms with Crippen molar-refractivity contribution in [3.05, 3.63) is 140 Å². The summed E-state index contributed by atoms with van der Waals surface area (Å²) in [7, 11) is 0. The van der Waals surface area contributed by atoms with Gasteiger partial charge in [-0.15, -0.1) is 0 Å². The Labute approximate surface area is 213 Å². The Hall–Kier alpha value is -2.68. The molecule has 0 bridgehead atoms. The number of benzene rings is 4. The Morgan fingerprint density at radius 3 is 1.33 bits per heavy atom. The molecule has 2 heteroatoms. The summed E-state index contributed by atoms with van der Waals surface area (Å²) in [5, 5.41) is 0. The van der Waals surface area contributed by atoms with Crippen molar-refractivity contribution in [2.24, 2.45) is 0 Å². The predicted octanol–water partition coefficient (Wildman–Crippen LogP) is 9.25. The van der Waals surface area contributed by atoms with E-state index in [0.29, 0.717) is 0 Å². The maximum Gasteiger partial charge on any atom is 0.0296 e. The van der Waals surface area contributed by atoms with Crippen LogP contribution in [-0.2, 0) is 18.3 Å². The molecule has 162 valence electrons. The molecule has 0 spiro atoms. The van der Waals surface area contributed by atoms with Crippen LogP contribution in [0.15, 0.2) is 107 Å². The minimum Gasteiger partial charge on any atom is -0.0985 e. The third kappa shape index (κ3) is 4.07. The Balaban J connectivity index is 1.73. The summed E-state index contributed by atoms with van der Waals surface area (Å²) in [6.07, 6.45) is 5.63. The van der Waals surface area contributed by atoms with Gasteiger partial charge in [0.05, 0.1) is 0 Å². The van der Waals surface area contributed by atoms with Gasteiger partial charge in [-0.1, -0.05) is 118 Å². The van der Waals surface area contributed by atoms with Crippen molar-refractivity contribution < 1.29 is 0 Å². The first kappa shape index (κ1) is 22.1. The number of fused-ring (bicyclic) bond motifs is 3.